The summed E-state index contributed by atoms with van der Waals surface area (Å²) in [4.78, 5) is 4.09. The highest BCUT2D eigenvalue weighted by molar-refractivity contribution is 14.1. The molecule has 0 aliphatic heterocycles. The van der Waals surface area contributed by atoms with Gasteiger partial charge in [0.2, 0.25) is 0 Å². The van der Waals surface area contributed by atoms with Gasteiger partial charge < -0.3 is 5.73 Å². The molecule has 5 heteroatoms. The van der Waals surface area contributed by atoms with Crippen molar-refractivity contribution >= 4 is 73.6 Å². The Bertz CT molecular complexity index is 238. The van der Waals surface area contributed by atoms with Gasteiger partial charge >= 0.3 is 0 Å². The van der Waals surface area contributed by atoms with Crippen LogP contribution >= 0.6 is 67.8 Å². The van der Waals surface area contributed by atoms with Crippen LogP contribution in [-0.4, -0.2) is 4.98 Å². The van der Waals surface area contributed by atoms with Crippen molar-refractivity contribution in [3.63, 3.8) is 0 Å². The third kappa shape index (κ3) is 2.06. The highest BCUT2D eigenvalue weighted by atomic mass is 127. The van der Waals surface area contributed by atoms with Crippen molar-refractivity contribution in [3.05, 3.63) is 16.9 Å². The van der Waals surface area contributed by atoms with Gasteiger partial charge in [0.25, 0.3) is 0 Å². The average molecular weight is 472 g/mol. The van der Waals surface area contributed by atoms with E-state index in [1.165, 1.54) is 0 Å². The van der Waals surface area contributed by atoms with Gasteiger partial charge in [0, 0.05) is 3.57 Å². The second kappa shape index (κ2) is 3.70. The molecule has 0 saturated heterocycles. The van der Waals surface area contributed by atoms with Crippen LogP contribution in [0.15, 0.2) is 6.07 Å². The maximum atomic E-state index is 5.59. The number of rotatable bonds is 0. The summed E-state index contributed by atoms with van der Waals surface area (Å²) < 4.78 is 3.15. The lowest BCUT2D eigenvalue weighted by atomic mass is 10.5. The predicted octanol–water partition coefficient (Wildman–Crippen LogP) is 2.48. The van der Waals surface area contributed by atoms with Crippen molar-refractivity contribution in [1.82, 2.24) is 4.98 Å². The van der Waals surface area contributed by atoms with Crippen LogP contribution < -0.4 is 5.73 Å². The van der Waals surface area contributed by atoms with Gasteiger partial charge in [-0.3, -0.25) is 0 Å². The van der Waals surface area contributed by atoms with E-state index in [1.807, 2.05) is 6.07 Å². The zero-order valence-corrected chi connectivity index (χ0v) is 11.2. The number of nitrogen functional groups attached to an aromatic ring is 1. The fourth-order valence-corrected chi connectivity index (χ4v) is 2.50. The molecular weight excluding hydrogens is 469 g/mol. The van der Waals surface area contributed by atoms with Crippen molar-refractivity contribution in [1.29, 1.82) is 0 Å². The van der Waals surface area contributed by atoms with Crippen LogP contribution in [0.2, 0.25) is 0 Å². The SMILES string of the molecule is Nc1nc(I)cc(I)c1I. The molecule has 0 aliphatic rings. The van der Waals surface area contributed by atoms with Crippen LogP contribution in [0.1, 0.15) is 0 Å². The molecule has 1 rings (SSSR count). The fourth-order valence-electron chi connectivity index (χ4n) is 0.487. The summed E-state index contributed by atoms with van der Waals surface area (Å²) >= 11 is 6.58. The summed E-state index contributed by atoms with van der Waals surface area (Å²) in [5.74, 6) is 0.622. The summed E-state index contributed by atoms with van der Waals surface area (Å²) in [6.45, 7) is 0. The van der Waals surface area contributed by atoms with E-state index in [0.29, 0.717) is 5.82 Å². The maximum absolute atomic E-state index is 5.59. The summed E-state index contributed by atoms with van der Waals surface area (Å²) in [5.41, 5.74) is 5.59. The van der Waals surface area contributed by atoms with Gasteiger partial charge in [0.05, 0.1) is 3.57 Å². The molecule has 0 aliphatic carbocycles. The third-order valence-corrected chi connectivity index (χ3v) is 4.48. The van der Waals surface area contributed by atoms with E-state index in [2.05, 4.69) is 72.8 Å². The maximum Gasteiger partial charge on any atom is 0.139 e. The van der Waals surface area contributed by atoms with Gasteiger partial charge in [-0.1, -0.05) is 0 Å². The number of hydrogen-bond donors (Lipinski definition) is 1. The van der Waals surface area contributed by atoms with Crippen LogP contribution in [0, 0.1) is 10.8 Å². The second-order valence-corrected chi connectivity index (χ2v) is 4.97. The number of halogens is 3. The van der Waals surface area contributed by atoms with Crippen LogP contribution in [-0.2, 0) is 0 Å². The minimum Gasteiger partial charge on any atom is -0.383 e. The van der Waals surface area contributed by atoms with E-state index in [1.54, 1.807) is 0 Å². The molecule has 2 nitrogen and oxygen atoms in total. The Morgan fingerprint density at radius 3 is 2.40 bits per heavy atom. The molecule has 0 radical (unpaired) electrons. The summed E-state index contributed by atoms with van der Waals surface area (Å²) in [5, 5.41) is 0. The lowest BCUT2D eigenvalue weighted by molar-refractivity contribution is 1.25. The Hall–Kier alpha value is 1.14. The number of aromatic nitrogens is 1. The lowest BCUT2D eigenvalue weighted by Gasteiger charge is -1.99. The van der Waals surface area contributed by atoms with E-state index in [0.717, 1.165) is 10.8 Å². The summed E-state index contributed by atoms with van der Waals surface area (Å²) in [7, 11) is 0. The van der Waals surface area contributed by atoms with Crippen molar-refractivity contribution in [3.8, 4) is 0 Å². The van der Waals surface area contributed by atoms with Crippen LogP contribution in [0.25, 0.3) is 0 Å². The Morgan fingerprint density at radius 2 is 1.90 bits per heavy atom. The molecule has 0 unspecified atom stereocenters. The zero-order chi connectivity index (χ0) is 7.72. The Kier molecular flexibility index (Phi) is 3.41. The molecule has 0 saturated carbocycles. The van der Waals surface area contributed by atoms with E-state index < -0.39 is 0 Å². The standard InChI is InChI=1S/C5H3I3N2/c6-2-1-3(7)10-5(9)4(2)8/h1H,(H2,9,10). The van der Waals surface area contributed by atoms with Crippen LogP contribution in [0.3, 0.4) is 0 Å². The fraction of sp³-hybridized carbons (Fsp3) is 0. The number of hydrogen-bond acceptors (Lipinski definition) is 2. The monoisotopic (exact) mass is 472 g/mol. The van der Waals surface area contributed by atoms with Gasteiger partial charge in [-0.25, -0.2) is 4.98 Å². The first-order valence-corrected chi connectivity index (χ1v) is 5.62. The van der Waals surface area contributed by atoms with Crippen LogP contribution in [0.4, 0.5) is 5.82 Å². The molecule has 0 atom stereocenters. The zero-order valence-electron chi connectivity index (χ0n) is 4.74. The second-order valence-electron chi connectivity index (χ2n) is 1.63. The molecule has 1 aromatic rings. The quantitative estimate of drug-likeness (QED) is 0.466. The minimum absolute atomic E-state index is 0.622. The van der Waals surface area contributed by atoms with E-state index >= 15 is 0 Å². The molecule has 2 N–H and O–H groups in total. The first-order chi connectivity index (χ1) is 4.61. The molecule has 0 fully saturated rings. The average Bonchev–Trinajstić information content (AvgIpc) is 1.82. The van der Waals surface area contributed by atoms with Gasteiger partial charge in [-0.05, 0) is 73.8 Å². The highest BCUT2D eigenvalue weighted by Crippen LogP contribution is 2.20. The van der Waals surface area contributed by atoms with Gasteiger partial charge in [0.15, 0.2) is 0 Å². The first kappa shape index (κ1) is 9.23. The number of nitrogens with zero attached hydrogens (tertiary/aromatic N) is 1. The molecule has 0 aromatic carbocycles. The smallest absolute Gasteiger partial charge is 0.139 e. The molecular formula is C5H3I3N2. The number of pyridine rings is 1. The number of anilines is 1. The van der Waals surface area contributed by atoms with Gasteiger partial charge in [-0.15, -0.1) is 0 Å². The molecule has 0 spiro atoms. The number of nitrogens with two attached hydrogens (primary N) is 1. The van der Waals surface area contributed by atoms with Crippen molar-refractivity contribution in [2.24, 2.45) is 0 Å². The lowest BCUT2D eigenvalue weighted by Crippen LogP contribution is -1.97. The Labute approximate surface area is 99.8 Å². The van der Waals surface area contributed by atoms with Crippen molar-refractivity contribution in [2.75, 3.05) is 5.73 Å². The van der Waals surface area contributed by atoms with E-state index in [-0.39, 0.29) is 0 Å². The Balaban J connectivity index is 3.31. The largest absolute Gasteiger partial charge is 0.383 e. The predicted molar refractivity (Wildman–Crippen MR) is 66.8 cm³/mol. The summed E-state index contributed by atoms with van der Waals surface area (Å²) in [6.07, 6.45) is 0. The normalized spacial score (nSPS) is 9.90. The van der Waals surface area contributed by atoms with E-state index in [4.69, 9.17) is 5.73 Å². The molecule has 54 valence electrons. The van der Waals surface area contributed by atoms with Crippen molar-refractivity contribution in [2.45, 2.75) is 0 Å². The first-order valence-electron chi connectivity index (χ1n) is 2.38. The minimum atomic E-state index is 0.622. The highest BCUT2D eigenvalue weighted by Gasteiger charge is 2.02. The van der Waals surface area contributed by atoms with Crippen LogP contribution in [0.5, 0.6) is 0 Å². The molecule has 1 heterocycles. The van der Waals surface area contributed by atoms with Gasteiger partial charge in [0.1, 0.15) is 9.52 Å². The molecule has 1 aromatic heterocycles. The molecule has 10 heavy (non-hydrogen) atoms. The topological polar surface area (TPSA) is 38.9 Å². The van der Waals surface area contributed by atoms with E-state index in [9.17, 15) is 0 Å². The van der Waals surface area contributed by atoms with Crippen molar-refractivity contribution < 1.29 is 0 Å². The summed E-state index contributed by atoms with van der Waals surface area (Å²) in [6, 6.07) is 2.00. The third-order valence-electron chi connectivity index (χ3n) is 0.908. The molecule has 0 bridgehead atoms. The molecule has 0 amide bonds. The Morgan fingerprint density at radius 1 is 1.30 bits per heavy atom. The van der Waals surface area contributed by atoms with Gasteiger partial charge in [-0.2, -0.15) is 0 Å².